The van der Waals surface area contributed by atoms with Crippen LogP contribution in [-0.4, -0.2) is 5.97 Å². The highest BCUT2D eigenvalue weighted by atomic mass is 16.5. The van der Waals surface area contributed by atoms with E-state index in [0.29, 0.717) is 13.0 Å². The third-order valence-electron chi connectivity index (χ3n) is 3.93. The molecule has 2 heteroatoms. The maximum Gasteiger partial charge on any atom is 0.306 e. The minimum atomic E-state index is -0.144. The average molecular weight is 306 g/mol. The molecule has 0 bridgehead atoms. The second-order valence-corrected chi connectivity index (χ2v) is 7.20. The fourth-order valence-corrected chi connectivity index (χ4v) is 2.90. The van der Waals surface area contributed by atoms with Crippen LogP contribution in [0.4, 0.5) is 0 Å². The van der Waals surface area contributed by atoms with Gasteiger partial charge in [-0.25, -0.2) is 0 Å². The van der Waals surface area contributed by atoms with Crippen molar-refractivity contribution in [2.45, 2.75) is 33.8 Å². The number of rotatable bonds is 3. The monoisotopic (exact) mass is 306 g/mol. The van der Waals surface area contributed by atoms with Crippen molar-refractivity contribution in [2.24, 2.45) is 5.41 Å². The summed E-state index contributed by atoms with van der Waals surface area (Å²) in [5.74, 6) is -0.144. The molecule has 0 aliphatic rings. The van der Waals surface area contributed by atoms with Crippen molar-refractivity contribution in [3.8, 4) is 0 Å². The van der Waals surface area contributed by atoms with E-state index in [1.807, 2.05) is 45.0 Å². The smallest absolute Gasteiger partial charge is 0.306 e. The SMILES string of the molecule is CC(C)(C)CC(=O)OCc1c2ccccc2cc2ccccc12. The summed E-state index contributed by atoms with van der Waals surface area (Å²) < 4.78 is 5.58. The van der Waals surface area contributed by atoms with E-state index in [0.717, 1.165) is 16.3 Å². The van der Waals surface area contributed by atoms with Gasteiger partial charge in [-0.3, -0.25) is 4.79 Å². The molecule has 3 aromatic carbocycles. The Labute approximate surface area is 137 Å². The molecule has 0 unspecified atom stereocenters. The summed E-state index contributed by atoms with van der Waals surface area (Å²) in [6.07, 6.45) is 0.426. The lowest BCUT2D eigenvalue weighted by Crippen LogP contribution is -2.15. The van der Waals surface area contributed by atoms with E-state index in [4.69, 9.17) is 4.74 Å². The van der Waals surface area contributed by atoms with E-state index in [9.17, 15) is 4.79 Å². The van der Waals surface area contributed by atoms with Gasteiger partial charge >= 0.3 is 5.97 Å². The Morgan fingerprint density at radius 2 is 1.43 bits per heavy atom. The van der Waals surface area contributed by atoms with Crippen molar-refractivity contribution in [3.63, 3.8) is 0 Å². The van der Waals surface area contributed by atoms with E-state index in [1.54, 1.807) is 0 Å². The molecule has 0 aromatic heterocycles. The molecule has 0 radical (unpaired) electrons. The van der Waals surface area contributed by atoms with E-state index in [2.05, 4.69) is 30.3 Å². The second-order valence-electron chi connectivity index (χ2n) is 7.20. The van der Waals surface area contributed by atoms with Crippen molar-refractivity contribution in [1.82, 2.24) is 0 Å². The largest absolute Gasteiger partial charge is 0.461 e. The van der Waals surface area contributed by atoms with E-state index in [-0.39, 0.29) is 11.4 Å². The van der Waals surface area contributed by atoms with Crippen LogP contribution >= 0.6 is 0 Å². The Morgan fingerprint density at radius 3 is 1.96 bits per heavy atom. The highest BCUT2D eigenvalue weighted by molar-refractivity contribution is 6.02. The Morgan fingerprint density at radius 1 is 0.913 bits per heavy atom. The molecule has 0 heterocycles. The molecule has 0 aliphatic carbocycles. The Hall–Kier alpha value is -2.35. The number of carbonyl (C=O) groups is 1. The summed E-state index contributed by atoms with van der Waals surface area (Å²) in [5.41, 5.74) is 1.03. The molecule has 0 amide bonds. The van der Waals surface area contributed by atoms with Gasteiger partial charge < -0.3 is 4.74 Å². The van der Waals surface area contributed by atoms with Crippen LogP contribution in [0.5, 0.6) is 0 Å². The summed E-state index contributed by atoms with van der Waals surface area (Å²) in [7, 11) is 0. The lowest BCUT2D eigenvalue weighted by molar-refractivity contribution is -0.146. The van der Waals surface area contributed by atoms with E-state index in [1.165, 1.54) is 10.8 Å². The molecule has 0 atom stereocenters. The lowest BCUT2D eigenvalue weighted by Gasteiger charge is -2.17. The van der Waals surface area contributed by atoms with E-state index < -0.39 is 0 Å². The van der Waals surface area contributed by atoms with Crippen molar-refractivity contribution in [1.29, 1.82) is 0 Å². The first kappa shape index (κ1) is 15.5. The minimum Gasteiger partial charge on any atom is -0.461 e. The standard InChI is InChI=1S/C21H22O2/c1-21(2,3)13-20(22)23-14-19-17-10-6-4-8-15(17)12-16-9-5-7-11-18(16)19/h4-12H,13-14H2,1-3H3. The van der Waals surface area contributed by atoms with Crippen LogP contribution < -0.4 is 0 Å². The van der Waals surface area contributed by atoms with Crippen LogP contribution in [0.1, 0.15) is 32.8 Å². The van der Waals surface area contributed by atoms with Gasteiger partial charge in [0, 0.05) is 5.56 Å². The Balaban J connectivity index is 1.99. The Kier molecular flexibility index (Phi) is 4.08. The predicted molar refractivity (Wildman–Crippen MR) is 95.3 cm³/mol. The maximum absolute atomic E-state index is 12.1. The quantitative estimate of drug-likeness (QED) is 0.473. The first-order valence-electron chi connectivity index (χ1n) is 7.99. The van der Waals surface area contributed by atoms with Crippen molar-refractivity contribution < 1.29 is 9.53 Å². The topological polar surface area (TPSA) is 26.3 Å². The van der Waals surface area contributed by atoms with Crippen molar-refractivity contribution in [3.05, 3.63) is 60.2 Å². The molecule has 2 nitrogen and oxygen atoms in total. The lowest BCUT2D eigenvalue weighted by atomic mass is 9.92. The fourth-order valence-electron chi connectivity index (χ4n) is 2.90. The molecule has 3 rings (SSSR count). The molecule has 0 aliphatic heterocycles. The van der Waals surface area contributed by atoms with E-state index >= 15 is 0 Å². The van der Waals surface area contributed by atoms with Gasteiger partial charge in [-0.1, -0.05) is 69.3 Å². The minimum absolute atomic E-state index is 0.0576. The number of hydrogen-bond acceptors (Lipinski definition) is 2. The second kappa shape index (κ2) is 6.04. The number of fused-ring (bicyclic) bond motifs is 2. The fraction of sp³-hybridized carbons (Fsp3) is 0.286. The van der Waals surface area contributed by atoms with Gasteiger partial charge in [-0.2, -0.15) is 0 Å². The Bertz CT molecular complexity index is 802. The van der Waals surface area contributed by atoms with Crippen LogP contribution in [-0.2, 0) is 16.1 Å². The first-order chi connectivity index (χ1) is 10.9. The number of benzene rings is 3. The first-order valence-corrected chi connectivity index (χ1v) is 7.99. The molecule has 0 saturated heterocycles. The third-order valence-corrected chi connectivity index (χ3v) is 3.93. The summed E-state index contributed by atoms with van der Waals surface area (Å²) >= 11 is 0. The highest BCUT2D eigenvalue weighted by Gasteiger charge is 2.18. The zero-order valence-electron chi connectivity index (χ0n) is 13.9. The molecule has 0 fully saturated rings. The van der Waals surface area contributed by atoms with Crippen LogP contribution in [0.15, 0.2) is 54.6 Å². The number of carbonyl (C=O) groups excluding carboxylic acids is 1. The molecule has 0 saturated carbocycles. The number of hydrogen-bond donors (Lipinski definition) is 0. The van der Waals surface area contributed by atoms with Crippen LogP contribution in [0.25, 0.3) is 21.5 Å². The molecule has 23 heavy (non-hydrogen) atoms. The number of ether oxygens (including phenoxy) is 1. The zero-order chi connectivity index (χ0) is 16.4. The molecular weight excluding hydrogens is 284 g/mol. The van der Waals surface area contributed by atoms with Gasteiger partial charge in [0.25, 0.3) is 0 Å². The summed E-state index contributed by atoms with van der Waals surface area (Å²) in [6, 6.07) is 18.7. The van der Waals surface area contributed by atoms with Gasteiger partial charge in [-0.05, 0) is 33.0 Å². The van der Waals surface area contributed by atoms with Crippen molar-refractivity contribution >= 4 is 27.5 Å². The highest BCUT2D eigenvalue weighted by Crippen LogP contribution is 2.29. The molecule has 3 aromatic rings. The van der Waals surface area contributed by atoms with Gasteiger partial charge in [0.2, 0.25) is 0 Å². The van der Waals surface area contributed by atoms with Crippen molar-refractivity contribution in [2.75, 3.05) is 0 Å². The summed E-state index contributed by atoms with van der Waals surface area (Å²) in [4.78, 5) is 12.1. The number of esters is 1. The van der Waals surface area contributed by atoms with Gasteiger partial charge in [0.05, 0.1) is 6.42 Å². The molecule has 0 N–H and O–H groups in total. The van der Waals surface area contributed by atoms with Gasteiger partial charge in [0.1, 0.15) is 6.61 Å². The third kappa shape index (κ3) is 3.53. The van der Waals surface area contributed by atoms with Crippen LogP contribution in [0.2, 0.25) is 0 Å². The maximum atomic E-state index is 12.1. The van der Waals surface area contributed by atoms with Crippen LogP contribution in [0, 0.1) is 5.41 Å². The zero-order valence-corrected chi connectivity index (χ0v) is 13.9. The molecule has 118 valence electrons. The normalized spacial score (nSPS) is 11.8. The van der Waals surface area contributed by atoms with Gasteiger partial charge in [-0.15, -0.1) is 0 Å². The molecular formula is C21H22O2. The molecule has 0 spiro atoms. The average Bonchev–Trinajstić information content (AvgIpc) is 2.49. The predicted octanol–water partition coefficient (Wildman–Crippen LogP) is 5.47. The van der Waals surface area contributed by atoms with Crippen LogP contribution in [0.3, 0.4) is 0 Å². The summed E-state index contributed by atoms with van der Waals surface area (Å²) in [5, 5.41) is 4.64. The summed E-state index contributed by atoms with van der Waals surface area (Å²) in [6.45, 7) is 6.45. The van der Waals surface area contributed by atoms with Gasteiger partial charge in [0.15, 0.2) is 0 Å².